The summed E-state index contributed by atoms with van der Waals surface area (Å²) in [6.45, 7) is 9.65. The molecule has 2 aromatic rings. The van der Waals surface area contributed by atoms with Crippen LogP contribution in [0.5, 0.6) is 5.75 Å². The van der Waals surface area contributed by atoms with Gasteiger partial charge in [-0.25, -0.2) is 0 Å². The van der Waals surface area contributed by atoms with Gasteiger partial charge >= 0.3 is 0 Å². The minimum absolute atomic E-state index is 0.00353. The number of nitrogens with one attached hydrogen (secondary N) is 1. The van der Waals surface area contributed by atoms with E-state index in [0.717, 1.165) is 5.70 Å². The summed E-state index contributed by atoms with van der Waals surface area (Å²) in [6, 6.07) is 6.45. The molecule has 0 bridgehead atoms. The Labute approximate surface area is 192 Å². The van der Waals surface area contributed by atoms with Crippen molar-refractivity contribution in [2.75, 3.05) is 16.8 Å². The quantitative estimate of drug-likeness (QED) is 0.624. The summed E-state index contributed by atoms with van der Waals surface area (Å²) in [7, 11) is 0. The van der Waals surface area contributed by atoms with Crippen LogP contribution in [-0.4, -0.2) is 23.3 Å². The second-order valence-electron chi connectivity index (χ2n) is 8.93. The van der Waals surface area contributed by atoms with Gasteiger partial charge in [-0.1, -0.05) is 44.2 Å². The third-order valence-corrected chi connectivity index (χ3v) is 6.10. The molecular formula is C25H26ClN3O3. The largest absolute Gasteiger partial charge is 0.490 e. The minimum Gasteiger partial charge on any atom is -0.490 e. The zero-order chi connectivity index (χ0) is 23.0. The van der Waals surface area contributed by atoms with Crippen molar-refractivity contribution in [2.24, 2.45) is 5.41 Å². The van der Waals surface area contributed by atoms with Crippen molar-refractivity contribution >= 4 is 34.7 Å². The van der Waals surface area contributed by atoms with Crippen molar-refractivity contribution in [1.82, 2.24) is 4.98 Å². The van der Waals surface area contributed by atoms with Crippen molar-refractivity contribution in [3.63, 3.8) is 0 Å². The lowest BCUT2D eigenvalue weighted by molar-refractivity contribution is -0.118. The van der Waals surface area contributed by atoms with Crippen LogP contribution >= 0.6 is 11.6 Å². The van der Waals surface area contributed by atoms with Gasteiger partial charge in [-0.15, -0.1) is 0 Å². The first kappa shape index (κ1) is 22.1. The molecule has 0 spiro atoms. The van der Waals surface area contributed by atoms with Crippen molar-refractivity contribution in [3.05, 3.63) is 71.2 Å². The van der Waals surface area contributed by atoms with Crippen LogP contribution in [0.15, 0.2) is 60.6 Å². The number of hydrogen-bond donors (Lipinski definition) is 1. The summed E-state index contributed by atoms with van der Waals surface area (Å²) >= 11 is 6.72. The van der Waals surface area contributed by atoms with Crippen LogP contribution in [0.3, 0.4) is 0 Å². The number of allylic oxidation sites excluding steroid dienone is 1. The van der Waals surface area contributed by atoms with Gasteiger partial charge in [0.1, 0.15) is 12.4 Å². The number of hydrogen-bond acceptors (Lipinski definition) is 5. The summed E-state index contributed by atoms with van der Waals surface area (Å²) < 4.78 is 5.61. The van der Waals surface area contributed by atoms with Crippen molar-refractivity contribution < 1.29 is 14.3 Å². The summed E-state index contributed by atoms with van der Waals surface area (Å²) in [5.41, 5.74) is 3.17. The van der Waals surface area contributed by atoms with Crippen LogP contribution in [0.4, 0.5) is 11.4 Å². The highest BCUT2D eigenvalue weighted by Crippen LogP contribution is 2.49. The lowest BCUT2D eigenvalue weighted by atomic mass is 9.73. The molecule has 1 aliphatic carbocycles. The predicted octanol–water partition coefficient (Wildman–Crippen LogP) is 5.46. The molecule has 2 aliphatic rings. The van der Waals surface area contributed by atoms with Gasteiger partial charge in [0.05, 0.1) is 23.6 Å². The van der Waals surface area contributed by atoms with Crippen LogP contribution in [0.1, 0.15) is 45.2 Å². The number of fused-ring (bicyclic) bond motifs is 1. The molecule has 1 unspecified atom stereocenters. The Bertz CT molecular complexity index is 1140. The van der Waals surface area contributed by atoms with Gasteiger partial charge in [-0.3, -0.25) is 19.5 Å². The van der Waals surface area contributed by atoms with E-state index in [1.54, 1.807) is 41.6 Å². The molecule has 4 rings (SSSR count). The standard InChI is InChI=1S/C25H26ClN3O3/c1-5-10-32-16-6-7-17(18(26)11-16)24-23-19(12-25(3,4)13-22(23)31)28-20-14-27-9-8-21(20)29(24)15(2)30/h5-9,11,14,24,28H,1,10,12-13H2,2-4H3. The Morgan fingerprint density at radius 3 is 2.84 bits per heavy atom. The molecule has 6 nitrogen and oxygen atoms in total. The number of rotatable bonds is 4. The van der Waals surface area contributed by atoms with E-state index < -0.39 is 6.04 Å². The second kappa shape index (κ2) is 8.43. The lowest BCUT2D eigenvalue weighted by Gasteiger charge is -2.37. The highest BCUT2D eigenvalue weighted by atomic mass is 35.5. The van der Waals surface area contributed by atoms with Crippen molar-refractivity contribution in [1.29, 1.82) is 0 Å². The summed E-state index contributed by atoms with van der Waals surface area (Å²) in [5, 5.41) is 3.84. The van der Waals surface area contributed by atoms with E-state index >= 15 is 0 Å². The summed E-state index contributed by atoms with van der Waals surface area (Å²) in [4.78, 5) is 32.3. The number of ether oxygens (including phenoxy) is 1. The fourth-order valence-electron chi connectivity index (χ4n) is 4.51. The fraction of sp³-hybridized carbons (Fsp3) is 0.320. The number of carbonyl (C=O) groups excluding carboxylic acids is 2. The van der Waals surface area contributed by atoms with E-state index in [0.29, 0.717) is 52.7 Å². The molecule has 32 heavy (non-hydrogen) atoms. The Kier molecular flexibility index (Phi) is 5.82. The highest BCUT2D eigenvalue weighted by Gasteiger charge is 2.43. The van der Waals surface area contributed by atoms with E-state index in [1.807, 2.05) is 6.07 Å². The first-order chi connectivity index (χ1) is 15.2. The third kappa shape index (κ3) is 4.02. The Balaban J connectivity index is 1.95. The maximum Gasteiger partial charge on any atom is 0.224 e. The number of aromatic nitrogens is 1. The highest BCUT2D eigenvalue weighted by molar-refractivity contribution is 6.31. The monoisotopic (exact) mass is 451 g/mol. The van der Waals surface area contributed by atoms with E-state index in [-0.39, 0.29) is 17.1 Å². The first-order valence-electron chi connectivity index (χ1n) is 10.5. The van der Waals surface area contributed by atoms with Gasteiger partial charge in [-0.05, 0) is 35.6 Å². The number of halogens is 1. The Hall–Kier alpha value is -3.12. The van der Waals surface area contributed by atoms with Gasteiger partial charge in [0.15, 0.2) is 5.78 Å². The molecule has 1 aromatic carbocycles. The molecule has 1 N–H and O–H groups in total. The molecule has 166 valence electrons. The summed E-state index contributed by atoms with van der Waals surface area (Å²) in [5.74, 6) is 0.400. The number of nitrogens with zero attached hydrogens (tertiary/aromatic N) is 2. The van der Waals surface area contributed by atoms with Gasteiger partial charge in [0.2, 0.25) is 5.91 Å². The SMILES string of the molecule is C=CCOc1ccc(C2C3=C(CC(C)(C)CC3=O)Nc3cnccc3N2C(C)=O)c(Cl)c1. The summed E-state index contributed by atoms with van der Waals surface area (Å²) in [6.07, 6.45) is 6.03. The molecular weight excluding hydrogens is 426 g/mol. The molecule has 2 heterocycles. The number of ketones is 1. The van der Waals surface area contributed by atoms with E-state index in [9.17, 15) is 9.59 Å². The average molecular weight is 452 g/mol. The van der Waals surface area contributed by atoms with Gasteiger partial charge in [0.25, 0.3) is 0 Å². The first-order valence-corrected chi connectivity index (χ1v) is 10.9. The minimum atomic E-state index is -0.664. The number of carbonyl (C=O) groups is 2. The molecule has 1 aromatic heterocycles. The van der Waals surface area contributed by atoms with Crippen LogP contribution in [0.25, 0.3) is 0 Å². The molecule has 0 saturated heterocycles. The fourth-order valence-corrected chi connectivity index (χ4v) is 4.78. The molecule has 1 aliphatic heterocycles. The maximum atomic E-state index is 13.5. The number of Topliss-reactive ketones (excluding diaryl/α,β-unsaturated/α-hetero) is 1. The molecule has 1 atom stereocenters. The normalized spacial score (nSPS) is 19.4. The Morgan fingerprint density at radius 2 is 2.16 bits per heavy atom. The smallest absolute Gasteiger partial charge is 0.224 e. The number of anilines is 2. The number of benzene rings is 1. The number of pyridine rings is 1. The topological polar surface area (TPSA) is 71.5 Å². The molecule has 1 amide bonds. The zero-order valence-electron chi connectivity index (χ0n) is 18.4. The molecule has 7 heteroatoms. The van der Waals surface area contributed by atoms with Gasteiger partial charge in [-0.2, -0.15) is 0 Å². The van der Waals surface area contributed by atoms with Gasteiger partial charge < -0.3 is 10.1 Å². The van der Waals surface area contributed by atoms with Crippen LogP contribution < -0.4 is 15.0 Å². The van der Waals surface area contributed by atoms with E-state index in [1.165, 1.54) is 6.92 Å². The van der Waals surface area contributed by atoms with E-state index in [2.05, 4.69) is 30.7 Å². The maximum absolute atomic E-state index is 13.5. The van der Waals surface area contributed by atoms with Crippen LogP contribution in [0, 0.1) is 5.41 Å². The van der Waals surface area contributed by atoms with Crippen molar-refractivity contribution in [3.8, 4) is 5.75 Å². The third-order valence-electron chi connectivity index (χ3n) is 5.77. The average Bonchev–Trinajstić information content (AvgIpc) is 2.85. The van der Waals surface area contributed by atoms with Crippen molar-refractivity contribution in [2.45, 2.75) is 39.7 Å². The van der Waals surface area contributed by atoms with Crippen LogP contribution in [-0.2, 0) is 9.59 Å². The number of amides is 1. The molecule has 0 fully saturated rings. The molecule has 0 radical (unpaired) electrons. The van der Waals surface area contributed by atoms with Crippen LogP contribution in [0.2, 0.25) is 5.02 Å². The second-order valence-corrected chi connectivity index (χ2v) is 9.33. The zero-order valence-corrected chi connectivity index (χ0v) is 19.2. The van der Waals surface area contributed by atoms with Gasteiger partial charge in [0, 0.05) is 35.8 Å². The predicted molar refractivity (Wildman–Crippen MR) is 126 cm³/mol. The lowest BCUT2D eigenvalue weighted by Crippen LogP contribution is -2.38. The molecule has 0 saturated carbocycles. The Morgan fingerprint density at radius 1 is 1.38 bits per heavy atom. The van der Waals surface area contributed by atoms with E-state index in [4.69, 9.17) is 16.3 Å².